The fraction of sp³-hybridized carbons (Fsp3) is 0.533. The van der Waals surface area contributed by atoms with Gasteiger partial charge in [-0.3, -0.25) is 9.47 Å². The summed E-state index contributed by atoms with van der Waals surface area (Å²) >= 11 is 5.34. The van der Waals surface area contributed by atoms with Crippen molar-refractivity contribution in [2.24, 2.45) is 0 Å². The molecule has 21 heavy (non-hydrogen) atoms. The Labute approximate surface area is 128 Å². The van der Waals surface area contributed by atoms with Gasteiger partial charge in [-0.2, -0.15) is 0 Å². The molecule has 0 atom stereocenters. The third kappa shape index (κ3) is 2.42. The number of benzene rings is 1. The van der Waals surface area contributed by atoms with Gasteiger partial charge in [-0.25, -0.2) is 0 Å². The molecule has 4 rings (SSSR count). The first kappa shape index (κ1) is 13.5. The highest BCUT2D eigenvalue weighted by molar-refractivity contribution is 7.71. The van der Waals surface area contributed by atoms with Crippen molar-refractivity contribution in [1.29, 1.82) is 0 Å². The maximum Gasteiger partial charge on any atom is 0.270 e. The lowest BCUT2D eigenvalue weighted by Crippen LogP contribution is -2.45. The van der Waals surface area contributed by atoms with Gasteiger partial charge in [-0.05, 0) is 24.4 Å². The summed E-state index contributed by atoms with van der Waals surface area (Å²) in [4.78, 5) is 2.90. The highest BCUT2D eigenvalue weighted by Crippen LogP contribution is 2.31. The number of ether oxygens (including phenoxy) is 2. The van der Waals surface area contributed by atoms with E-state index in [2.05, 4.69) is 9.47 Å². The van der Waals surface area contributed by atoms with Crippen LogP contribution in [0.2, 0.25) is 0 Å². The van der Waals surface area contributed by atoms with Crippen LogP contribution in [0.3, 0.4) is 0 Å². The molecule has 2 aromatic rings. The average molecular weight is 306 g/mol. The van der Waals surface area contributed by atoms with Gasteiger partial charge in [0.05, 0.1) is 25.4 Å². The maximum atomic E-state index is 5.76. The van der Waals surface area contributed by atoms with Crippen LogP contribution in [0.25, 0.3) is 11.1 Å². The van der Waals surface area contributed by atoms with Gasteiger partial charge in [0, 0.05) is 25.9 Å². The van der Waals surface area contributed by atoms with Crippen LogP contribution in [0, 0.1) is 4.84 Å². The van der Waals surface area contributed by atoms with Gasteiger partial charge < -0.3 is 13.9 Å². The van der Waals surface area contributed by atoms with Gasteiger partial charge in [0.15, 0.2) is 11.4 Å². The van der Waals surface area contributed by atoms with Crippen LogP contribution in [0.15, 0.2) is 28.7 Å². The van der Waals surface area contributed by atoms with E-state index in [-0.39, 0.29) is 5.79 Å². The van der Waals surface area contributed by atoms with Crippen molar-refractivity contribution in [3.63, 3.8) is 0 Å². The molecular weight excluding hydrogens is 288 g/mol. The molecule has 3 heterocycles. The molecule has 112 valence electrons. The van der Waals surface area contributed by atoms with Crippen molar-refractivity contribution in [3.05, 3.63) is 29.1 Å². The predicted molar refractivity (Wildman–Crippen MR) is 80.5 cm³/mol. The topological polar surface area (TPSA) is 39.8 Å². The molecule has 0 N–H and O–H groups in total. The van der Waals surface area contributed by atoms with E-state index in [1.54, 1.807) is 0 Å². The highest BCUT2D eigenvalue weighted by Gasteiger charge is 2.39. The average Bonchev–Trinajstić information content (AvgIpc) is 3.07. The minimum absolute atomic E-state index is 0.323. The van der Waals surface area contributed by atoms with Crippen LogP contribution >= 0.6 is 12.2 Å². The van der Waals surface area contributed by atoms with Crippen LogP contribution in [0.4, 0.5) is 0 Å². The number of hydrogen-bond donors (Lipinski definition) is 0. The summed E-state index contributed by atoms with van der Waals surface area (Å²) in [7, 11) is 0. The highest BCUT2D eigenvalue weighted by atomic mass is 32.1. The first-order chi connectivity index (χ1) is 10.3. The van der Waals surface area contributed by atoms with E-state index in [1.165, 1.54) is 0 Å². The van der Waals surface area contributed by atoms with Gasteiger partial charge in [0.25, 0.3) is 4.84 Å². The van der Waals surface area contributed by atoms with Crippen molar-refractivity contribution in [2.45, 2.75) is 25.3 Å². The zero-order valence-corrected chi connectivity index (χ0v) is 12.6. The number of oxazole rings is 1. The van der Waals surface area contributed by atoms with E-state index in [4.69, 9.17) is 26.1 Å². The lowest BCUT2D eigenvalue weighted by molar-refractivity contribution is -0.187. The second kappa shape index (κ2) is 5.21. The van der Waals surface area contributed by atoms with Gasteiger partial charge in [-0.1, -0.05) is 12.1 Å². The number of nitrogens with zero attached hydrogens (tertiary/aromatic N) is 2. The summed E-state index contributed by atoms with van der Waals surface area (Å²) in [5.74, 6) is -0.323. The fourth-order valence-corrected chi connectivity index (χ4v) is 3.41. The minimum Gasteiger partial charge on any atom is -0.429 e. The summed E-state index contributed by atoms with van der Waals surface area (Å²) in [6.07, 6.45) is 1.83. The minimum atomic E-state index is -0.323. The van der Waals surface area contributed by atoms with Crippen molar-refractivity contribution < 1.29 is 13.9 Å². The maximum absolute atomic E-state index is 5.76. The Morgan fingerprint density at radius 3 is 2.57 bits per heavy atom. The summed E-state index contributed by atoms with van der Waals surface area (Å²) in [6, 6.07) is 7.97. The summed E-state index contributed by atoms with van der Waals surface area (Å²) in [5, 5.41) is 0. The molecule has 6 heteroatoms. The molecule has 0 amide bonds. The molecule has 0 bridgehead atoms. The normalized spacial score (nSPS) is 22.3. The van der Waals surface area contributed by atoms with Crippen LogP contribution in [-0.2, 0) is 16.1 Å². The monoisotopic (exact) mass is 306 g/mol. The van der Waals surface area contributed by atoms with Crippen molar-refractivity contribution >= 4 is 23.3 Å². The fourth-order valence-electron chi connectivity index (χ4n) is 3.17. The smallest absolute Gasteiger partial charge is 0.270 e. The third-order valence-corrected chi connectivity index (χ3v) is 4.65. The SMILES string of the molecule is S=c1oc2ccccc2n1CN1CCC2(CC1)OCCO2. The number of likely N-dealkylation sites (tertiary alicyclic amines) is 1. The molecule has 1 aromatic carbocycles. The zero-order chi connectivity index (χ0) is 14.3. The van der Waals surface area contributed by atoms with Gasteiger partial charge in [0.2, 0.25) is 0 Å². The lowest BCUT2D eigenvalue weighted by atomic mass is 10.0. The molecule has 0 radical (unpaired) electrons. The number of rotatable bonds is 2. The largest absolute Gasteiger partial charge is 0.429 e. The molecule has 2 fully saturated rings. The Morgan fingerprint density at radius 1 is 1.10 bits per heavy atom. The molecule has 2 aliphatic rings. The van der Waals surface area contributed by atoms with Gasteiger partial charge in [-0.15, -0.1) is 0 Å². The van der Waals surface area contributed by atoms with Gasteiger partial charge >= 0.3 is 0 Å². The van der Waals surface area contributed by atoms with Crippen LogP contribution < -0.4 is 0 Å². The molecular formula is C15H18N2O3S. The Balaban J connectivity index is 1.51. The lowest BCUT2D eigenvalue weighted by Gasteiger charge is -2.37. The zero-order valence-electron chi connectivity index (χ0n) is 11.8. The first-order valence-electron chi connectivity index (χ1n) is 7.34. The molecule has 2 aliphatic heterocycles. The molecule has 0 unspecified atom stereocenters. The van der Waals surface area contributed by atoms with Crippen LogP contribution in [-0.4, -0.2) is 41.6 Å². The van der Waals surface area contributed by atoms with E-state index < -0.39 is 0 Å². The van der Waals surface area contributed by atoms with Crippen molar-refractivity contribution in [2.75, 3.05) is 26.3 Å². The molecule has 1 spiro atoms. The van der Waals surface area contributed by atoms with E-state index in [1.807, 2.05) is 24.3 Å². The number of fused-ring (bicyclic) bond motifs is 1. The first-order valence-corrected chi connectivity index (χ1v) is 7.75. The molecule has 5 nitrogen and oxygen atoms in total. The quantitative estimate of drug-likeness (QED) is 0.798. The summed E-state index contributed by atoms with van der Waals surface area (Å²) < 4.78 is 19.2. The van der Waals surface area contributed by atoms with Crippen LogP contribution in [0.1, 0.15) is 12.8 Å². The Kier molecular flexibility index (Phi) is 3.34. The Hall–Kier alpha value is -1.21. The Bertz CT molecular complexity index is 692. The third-order valence-electron chi connectivity index (χ3n) is 4.35. The summed E-state index contributed by atoms with van der Waals surface area (Å²) in [6.45, 7) is 4.09. The molecule has 0 saturated carbocycles. The number of para-hydroxylation sites is 2. The van der Waals surface area contributed by atoms with Crippen LogP contribution in [0.5, 0.6) is 0 Å². The van der Waals surface area contributed by atoms with E-state index >= 15 is 0 Å². The molecule has 2 saturated heterocycles. The standard InChI is InChI=1S/C15H18N2O3S/c21-14-17(12-3-1-2-4-13(12)20-14)11-16-7-5-15(6-8-16)18-9-10-19-15/h1-4H,5-11H2. The number of aromatic nitrogens is 1. The molecule has 1 aromatic heterocycles. The van der Waals surface area contributed by atoms with Crippen molar-refractivity contribution in [3.8, 4) is 0 Å². The second-order valence-corrected chi connectivity index (χ2v) is 5.98. The van der Waals surface area contributed by atoms with E-state index in [0.29, 0.717) is 4.84 Å². The summed E-state index contributed by atoms with van der Waals surface area (Å²) in [5.41, 5.74) is 1.90. The Morgan fingerprint density at radius 2 is 1.81 bits per heavy atom. The number of hydrogen-bond acceptors (Lipinski definition) is 5. The van der Waals surface area contributed by atoms with E-state index in [0.717, 1.165) is 56.9 Å². The van der Waals surface area contributed by atoms with Gasteiger partial charge in [0.1, 0.15) is 0 Å². The number of piperidine rings is 1. The molecule has 0 aliphatic carbocycles. The predicted octanol–water partition coefficient (Wildman–Crippen LogP) is 2.76. The van der Waals surface area contributed by atoms with E-state index in [9.17, 15) is 0 Å². The second-order valence-electron chi connectivity index (χ2n) is 5.63. The van der Waals surface area contributed by atoms with Crippen molar-refractivity contribution in [1.82, 2.24) is 9.47 Å².